The van der Waals surface area contributed by atoms with E-state index in [2.05, 4.69) is 15.3 Å². The highest BCUT2D eigenvalue weighted by Crippen LogP contribution is 2.44. The van der Waals surface area contributed by atoms with E-state index in [1.165, 1.54) is 33.7 Å². The molecule has 25 heavy (non-hydrogen) atoms. The summed E-state index contributed by atoms with van der Waals surface area (Å²) in [5, 5.41) is 3.13. The summed E-state index contributed by atoms with van der Waals surface area (Å²) < 4.78 is 43.8. The Kier molecular flexibility index (Phi) is 4.51. The highest BCUT2D eigenvalue weighted by molar-refractivity contribution is 5.97. The van der Waals surface area contributed by atoms with Gasteiger partial charge in [0, 0.05) is 0 Å². The lowest BCUT2D eigenvalue weighted by atomic mass is 10.1. The second-order valence-corrected chi connectivity index (χ2v) is 4.99. The third-order valence-electron chi connectivity index (χ3n) is 3.64. The van der Waals surface area contributed by atoms with Gasteiger partial charge in [0.1, 0.15) is 35.0 Å². The molecular formula is C17H15F2N3O3. The first-order valence-electron chi connectivity index (χ1n) is 7.25. The van der Waals surface area contributed by atoms with Crippen molar-refractivity contribution in [3.8, 4) is 17.2 Å². The minimum absolute atomic E-state index is 0.202. The van der Waals surface area contributed by atoms with E-state index in [4.69, 9.17) is 14.2 Å². The van der Waals surface area contributed by atoms with Crippen LogP contribution in [0.3, 0.4) is 0 Å². The van der Waals surface area contributed by atoms with E-state index < -0.39 is 11.6 Å². The van der Waals surface area contributed by atoms with Gasteiger partial charge in [0.25, 0.3) is 0 Å². The molecule has 0 saturated heterocycles. The summed E-state index contributed by atoms with van der Waals surface area (Å²) in [4.78, 5) is 8.27. The number of nitrogens with one attached hydrogen (secondary N) is 1. The van der Waals surface area contributed by atoms with E-state index in [1.807, 2.05) is 0 Å². The maximum absolute atomic E-state index is 13.9. The fourth-order valence-electron chi connectivity index (χ4n) is 2.50. The molecule has 0 spiro atoms. The first kappa shape index (κ1) is 16.7. The van der Waals surface area contributed by atoms with E-state index >= 15 is 0 Å². The number of hydrogen-bond donors (Lipinski definition) is 1. The molecule has 0 aliphatic carbocycles. The molecule has 6 nitrogen and oxygen atoms in total. The average Bonchev–Trinajstić information content (AvgIpc) is 2.63. The maximum atomic E-state index is 13.9. The molecule has 0 aliphatic heterocycles. The Morgan fingerprint density at radius 2 is 1.60 bits per heavy atom. The molecule has 2 aromatic carbocycles. The number of benzene rings is 2. The lowest BCUT2D eigenvalue weighted by molar-refractivity contribution is 0.327. The summed E-state index contributed by atoms with van der Waals surface area (Å²) >= 11 is 0. The number of aromatic nitrogens is 2. The van der Waals surface area contributed by atoms with E-state index in [-0.39, 0.29) is 11.5 Å². The number of para-hydroxylation sites is 1. The Morgan fingerprint density at radius 3 is 2.20 bits per heavy atom. The van der Waals surface area contributed by atoms with Gasteiger partial charge in [-0.15, -0.1) is 0 Å². The van der Waals surface area contributed by atoms with Crippen LogP contribution in [0.25, 0.3) is 10.9 Å². The Labute approximate surface area is 142 Å². The van der Waals surface area contributed by atoms with E-state index in [0.717, 1.165) is 12.1 Å². The standard InChI is InChI=1S/C17H15F2N3O3/c1-23-12-7-9-13(16(25-3)15(12)24-2)20-8-21-17(9)22-14-10(18)5-4-6-11(14)19/h4-8H,1-3H3,(H,20,21,22). The zero-order valence-electron chi connectivity index (χ0n) is 13.8. The Balaban J connectivity index is 2.23. The molecule has 1 aromatic heterocycles. The topological polar surface area (TPSA) is 65.5 Å². The third-order valence-corrected chi connectivity index (χ3v) is 3.64. The molecule has 8 heteroatoms. The van der Waals surface area contributed by atoms with Crippen molar-refractivity contribution in [2.24, 2.45) is 0 Å². The molecule has 0 aliphatic rings. The van der Waals surface area contributed by atoms with Crippen LogP contribution in [0, 0.1) is 11.6 Å². The number of fused-ring (bicyclic) bond motifs is 1. The molecule has 0 amide bonds. The number of hydrogen-bond acceptors (Lipinski definition) is 6. The molecular weight excluding hydrogens is 332 g/mol. The van der Waals surface area contributed by atoms with Crippen molar-refractivity contribution in [3.63, 3.8) is 0 Å². The zero-order chi connectivity index (χ0) is 18.0. The monoisotopic (exact) mass is 347 g/mol. The minimum Gasteiger partial charge on any atom is -0.493 e. The van der Waals surface area contributed by atoms with Crippen molar-refractivity contribution in [2.75, 3.05) is 26.6 Å². The summed E-state index contributed by atoms with van der Waals surface area (Å²) in [5.74, 6) is -0.208. The summed E-state index contributed by atoms with van der Waals surface area (Å²) in [5.41, 5.74) is 0.102. The SMILES string of the molecule is COc1cc2c(Nc3c(F)cccc3F)ncnc2c(OC)c1OC. The lowest BCUT2D eigenvalue weighted by Crippen LogP contribution is -2.03. The number of ether oxygens (including phenoxy) is 3. The van der Waals surface area contributed by atoms with Crippen molar-refractivity contribution >= 4 is 22.4 Å². The van der Waals surface area contributed by atoms with E-state index in [9.17, 15) is 8.78 Å². The molecule has 1 N–H and O–H groups in total. The minimum atomic E-state index is -0.737. The van der Waals surface area contributed by atoms with Crippen LogP contribution in [-0.2, 0) is 0 Å². The second-order valence-electron chi connectivity index (χ2n) is 4.99. The van der Waals surface area contributed by atoms with Crippen LogP contribution in [0.1, 0.15) is 0 Å². The summed E-state index contributed by atoms with van der Waals surface area (Å²) in [7, 11) is 4.40. The van der Waals surface area contributed by atoms with Crippen LogP contribution in [0.4, 0.5) is 20.3 Å². The molecule has 1 heterocycles. The number of anilines is 2. The van der Waals surface area contributed by atoms with Crippen LogP contribution in [-0.4, -0.2) is 31.3 Å². The lowest BCUT2D eigenvalue weighted by Gasteiger charge is -2.16. The van der Waals surface area contributed by atoms with Crippen molar-refractivity contribution in [1.29, 1.82) is 0 Å². The molecule has 3 aromatic rings. The smallest absolute Gasteiger partial charge is 0.205 e. The number of rotatable bonds is 5. The molecule has 0 fully saturated rings. The average molecular weight is 347 g/mol. The fourth-order valence-corrected chi connectivity index (χ4v) is 2.50. The van der Waals surface area contributed by atoms with Gasteiger partial charge < -0.3 is 19.5 Å². The fraction of sp³-hybridized carbons (Fsp3) is 0.176. The van der Waals surface area contributed by atoms with Crippen molar-refractivity contribution in [1.82, 2.24) is 9.97 Å². The molecule has 0 saturated carbocycles. The highest BCUT2D eigenvalue weighted by atomic mass is 19.1. The number of methoxy groups -OCH3 is 3. The van der Waals surface area contributed by atoms with Crippen LogP contribution in [0.15, 0.2) is 30.6 Å². The van der Waals surface area contributed by atoms with Crippen LogP contribution < -0.4 is 19.5 Å². The second kappa shape index (κ2) is 6.76. The zero-order valence-corrected chi connectivity index (χ0v) is 13.8. The number of nitrogens with zero attached hydrogens (tertiary/aromatic N) is 2. The third kappa shape index (κ3) is 2.86. The molecule has 0 atom stereocenters. The van der Waals surface area contributed by atoms with Gasteiger partial charge in [-0.3, -0.25) is 0 Å². The number of halogens is 2. The summed E-state index contributed by atoms with van der Waals surface area (Å²) in [6.07, 6.45) is 1.26. The van der Waals surface area contributed by atoms with Crippen molar-refractivity contribution in [3.05, 3.63) is 42.2 Å². The van der Waals surface area contributed by atoms with Gasteiger partial charge in [0.2, 0.25) is 5.75 Å². The van der Waals surface area contributed by atoms with Gasteiger partial charge in [-0.1, -0.05) is 6.07 Å². The van der Waals surface area contributed by atoms with Gasteiger partial charge in [-0.25, -0.2) is 18.7 Å². The van der Waals surface area contributed by atoms with Gasteiger partial charge in [-0.05, 0) is 18.2 Å². The largest absolute Gasteiger partial charge is 0.493 e. The van der Waals surface area contributed by atoms with E-state index in [0.29, 0.717) is 28.2 Å². The van der Waals surface area contributed by atoms with Gasteiger partial charge in [-0.2, -0.15) is 0 Å². The Hall–Kier alpha value is -3.16. The first-order valence-corrected chi connectivity index (χ1v) is 7.25. The molecule has 3 rings (SSSR count). The van der Waals surface area contributed by atoms with Crippen LogP contribution in [0.5, 0.6) is 17.2 Å². The van der Waals surface area contributed by atoms with E-state index in [1.54, 1.807) is 6.07 Å². The van der Waals surface area contributed by atoms with Crippen molar-refractivity contribution in [2.45, 2.75) is 0 Å². The van der Waals surface area contributed by atoms with Gasteiger partial charge >= 0.3 is 0 Å². The van der Waals surface area contributed by atoms with Crippen LogP contribution >= 0.6 is 0 Å². The van der Waals surface area contributed by atoms with Gasteiger partial charge in [0.05, 0.1) is 26.7 Å². The molecule has 0 bridgehead atoms. The molecule has 0 unspecified atom stereocenters. The maximum Gasteiger partial charge on any atom is 0.205 e. The highest BCUT2D eigenvalue weighted by Gasteiger charge is 2.20. The van der Waals surface area contributed by atoms with Crippen LogP contribution in [0.2, 0.25) is 0 Å². The molecule has 0 radical (unpaired) electrons. The van der Waals surface area contributed by atoms with Crippen molar-refractivity contribution < 1.29 is 23.0 Å². The predicted octanol–water partition coefficient (Wildman–Crippen LogP) is 3.68. The first-order chi connectivity index (χ1) is 12.1. The van der Waals surface area contributed by atoms with Gasteiger partial charge in [0.15, 0.2) is 11.5 Å². The predicted molar refractivity (Wildman–Crippen MR) is 88.8 cm³/mol. The molecule has 130 valence electrons. The quantitative estimate of drug-likeness (QED) is 0.760. The summed E-state index contributed by atoms with van der Waals surface area (Å²) in [6.45, 7) is 0. The summed E-state index contributed by atoms with van der Waals surface area (Å²) in [6, 6.07) is 5.20. The Bertz CT molecular complexity index is 914. The Morgan fingerprint density at radius 1 is 0.920 bits per heavy atom. The normalized spacial score (nSPS) is 10.6.